The van der Waals surface area contributed by atoms with Gasteiger partial charge in [-0.3, -0.25) is 0 Å². The maximum Gasteiger partial charge on any atom is 0.131 e. The predicted molar refractivity (Wildman–Crippen MR) is 110 cm³/mol. The highest BCUT2D eigenvalue weighted by Crippen LogP contribution is 2.68. The van der Waals surface area contributed by atoms with Gasteiger partial charge in [0.2, 0.25) is 0 Å². The van der Waals surface area contributed by atoms with E-state index in [1.54, 1.807) is 0 Å². The number of fused-ring (bicyclic) bond motifs is 5. The van der Waals surface area contributed by atoms with Crippen molar-refractivity contribution in [2.45, 2.75) is 90.3 Å². The van der Waals surface area contributed by atoms with Gasteiger partial charge in [0.05, 0.1) is 5.60 Å². The molecule has 2 N–H and O–H groups in total. The van der Waals surface area contributed by atoms with Crippen LogP contribution in [-0.4, -0.2) is 21.4 Å². The molecule has 5 unspecified atom stereocenters. The van der Waals surface area contributed by atoms with Crippen molar-refractivity contribution in [3.8, 4) is 11.8 Å². The Kier molecular flexibility index (Phi) is 4.64. The minimum absolute atomic E-state index is 0.270. The Morgan fingerprint density at radius 1 is 1.19 bits per heavy atom. The van der Waals surface area contributed by atoms with Crippen LogP contribution in [0.2, 0.25) is 0 Å². The summed E-state index contributed by atoms with van der Waals surface area (Å²) in [5, 5.41) is 23.6. The summed E-state index contributed by atoms with van der Waals surface area (Å²) in [5.74, 6) is 7.96. The SMILES string of the molecule is CC#C[C@]1(O)CCC2C3CC=C4C=C(C)CCC4C3C(O)(CC)C[C@@]21CC. The number of hydrogen-bond acceptors (Lipinski definition) is 2. The molecule has 0 radical (unpaired) electrons. The van der Waals surface area contributed by atoms with Crippen molar-refractivity contribution in [1.29, 1.82) is 0 Å². The zero-order chi connectivity index (χ0) is 19.4. The van der Waals surface area contributed by atoms with Crippen molar-refractivity contribution in [3.05, 3.63) is 23.3 Å². The second-order valence-electron chi connectivity index (χ2n) is 9.79. The Labute approximate surface area is 165 Å². The standard InChI is InChI=1S/C25H36O2/c1-5-13-25(27)14-12-21-20-11-9-18-15-17(4)8-10-19(18)22(20)24(26,7-3)16-23(21,25)6-2/h9,15,19-22,26-27H,6-8,10-12,14,16H2,1-4H3/t19?,20?,21?,22?,23-,24?,25-/m0/s1. The third-order valence-corrected chi connectivity index (χ3v) is 8.90. The van der Waals surface area contributed by atoms with Crippen molar-refractivity contribution in [1.82, 2.24) is 0 Å². The van der Waals surface area contributed by atoms with E-state index >= 15 is 0 Å². The monoisotopic (exact) mass is 368 g/mol. The lowest BCUT2D eigenvalue weighted by Crippen LogP contribution is -2.62. The van der Waals surface area contributed by atoms with Crippen LogP contribution in [0.4, 0.5) is 0 Å². The zero-order valence-electron chi connectivity index (χ0n) is 17.5. The molecule has 0 bridgehead atoms. The second-order valence-corrected chi connectivity index (χ2v) is 9.79. The van der Waals surface area contributed by atoms with Crippen molar-refractivity contribution < 1.29 is 10.2 Å². The van der Waals surface area contributed by atoms with E-state index in [9.17, 15) is 10.2 Å². The van der Waals surface area contributed by atoms with Crippen LogP contribution in [0, 0.1) is 40.9 Å². The molecule has 4 rings (SSSR count). The lowest BCUT2D eigenvalue weighted by Gasteiger charge is -2.61. The van der Waals surface area contributed by atoms with Crippen molar-refractivity contribution in [3.63, 3.8) is 0 Å². The molecule has 4 aliphatic rings. The highest BCUT2D eigenvalue weighted by Gasteiger charge is 2.68. The first-order valence-corrected chi connectivity index (χ1v) is 11.1. The van der Waals surface area contributed by atoms with E-state index in [-0.39, 0.29) is 5.41 Å². The normalized spacial score (nSPS) is 48.4. The van der Waals surface area contributed by atoms with Gasteiger partial charge in [0.25, 0.3) is 0 Å². The molecule has 0 aromatic carbocycles. The van der Waals surface area contributed by atoms with Gasteiger partial charge in [-0.25, -0.2) is 0 Å². The first-order chi connectivity index (χ1) is 12.8. The van der Waals surface area contributed by atoms with E-state index in [1.165, 1.54) is 17.6 Å². The molecule has 2 saturated carbocycles. The number of rotatable bonds is 2. The van der Waals surface area contributed by atoms with E-state index < -0.39 is 11.2 Å². The fraction of sp³-hybridized carbons (Fsp3) is 0.760. The van der Waals surface area contributed by atoms with Crippen LogP contribution in [0.1, 0.15) is 79.1 Å². The van der Waals surface area contributed by atoms with Gasteiger partial charge in [0.1, 0.15) is 5.60 Å². The van der Waals surface area contributed by atoms with Gasteiger partial charge in [0.15, 0.2) is 0 Å². The van der Waals surface area contributed by atoms with Crippen molar-refractivity contribution >= 4 is 0 Å². The number of allylic oxidation sites excluding steroid dienone is 4. The predicted octanol–water partition coefficient (Wildman–Crippen LogP) is 5.01. The minimum Gasteiger partial charge on any atom is -0.390 e. The molecule has 0 saturated heterocycles. The summed E-state index contributed by atoms with van der Waals surface area (Å²) < 4.78 is 0. The fourth-order valence-electron chi connectivity index (χ4n) is 7.71. The van der Waals surface area contributed by atoms with Gasteiger partial charge >= 0.3 is 0 Å². The third kappa shape index (κ3) is 2.54. The molecule has 0 heterocycles. The smallest absolute Gasteiger partial charge is 0.131 e. The van der Waals surface area contributed by atoms with Crippen LogP contribution in [0.3, 0.4) is 0 Å². The molecule has 2 nitrogen and oxygen atoms in total. The summed E-state index contributed by atoms with van der Waals surface area (Å²) >= 11 is 0. The summed E-state index contributed by atoms with van der Waals surface area (Å²) in [7, 11) is 0. The highest BCUT2D eigenvalue weighted by molar-refractivity contribution is 5.36. The molecule has 0 aromatic rings. The van der Waals surface area contributed by atoms with Gasteiger partial charge < -0.3 is 10.2 Å². The van der Waals surface area contributed by atoms with Gasteiger partial charge in [-0.2, -0.15) is 0 Å². The summed E-state index contributed by atoms with van der Waals surface area (Å²) in [5.41, 5.74) is 1.03. The Hall–Kier alpha value is -1.04. The molecule has 0 amide bonds. The van der Waals surface area contributed by atoms with Gasteiger partial charge in [0, 0.05) is 5.41 Å². The van der Waals surface area contributed by atoms with E-state index in [1.807, 2.05) is 6.92 Å². The third-order valence-electron chi connectivity index (χ3n) is 8.90. The summed E-state index contributed by atoms with van der Waals surface area (Å²) in [6.45, 7) is 8.41. The topological polar surface area (TPSA) is 40.5 Å². The average molecular weight is 369 g/mol. The first kappa shape index (κ1) is 19.3. The lowest BCUT2D eigenvalue weighted by atomic mass is 9.45. The minimum atomic E-state index is -0.942. The fourth-order valence-corrected chi connectivity index (χ4v) is 7.71. The average Bonchev–Trinajstić information content (AvgIpc) is 2.94. The summed E-state index contributed by atoms with van der Waals surface area (Å²) in [6.07, 6.45) is 12.4. The molecule has 2 heteroatoms. The molecule has 0 aromatic heterocycles. The maximum absolute atomic E-state index is 12.0. The quantitative estimate of drug-likeness (QED) is 0.673. The number of aliphatic hydroxyl groups is 2. The Balaban J connectivity index is 1.83. The maximum atomic E-state index is 12.0. The van der Waals surface area contributed by atoms with E-state index in [0.717, 1.165) is 38.5 Å². The largest absolute Gasteiger partial charge is 0.390 e. The second kappa shape index (κ2) is 6.50. The van der Waals surface area contributed by atoms with Gasteiger partial charge in [-0.05, 0) is 94.5 Å². The Morgan fingerprint density at radius 2 is 1.96 bits per heavy atom. The van der Waals surface area contributed by atoms with E-state index in [2.05, 4.69) is 44.8 Å². The molecule has 0 spiro atoms. The van der Waals surface area contributed by atoms with Gasteiger partial charge in [-0.15, -0.1) is 5.92 Å². The molecule has 27 heavy (non-hydrogen) atoms. The Bertz CT molecular complexity index is 737. The van der Waals surface area contributed by atoms with Crippen LogP contribution in [0.15, 0.2) is 23.3 Å². The molecular formula is C25H36O2. The molecule has 0 aliphatic heterocycles. The van der Waals surface area contributed by atoms with E-state index in [4.69, 9.17) is 0 Å². The van der Waals surface area contributed by atoms with Crippen molar-refractivity contribution in [2.75, 3.05) is 0 Å². The van der Waals surface area contributed by atoms with Crippen LogP contribution in [-0.2, 0) is 0 Å². The van der Waals surface area contributed by atoms with Crippen LogP contribution >= 0.6 is 0 Å². The summed E-state index contributed by atoms with van der Waals surface area (Å²) in [4.78, 5) is 0. The molecular weight excluding hydrogens is 332 g/mol. The summed E-state index contributed by atoms with van der Waals surface area (Å²) in [6, 6.07) is 0. The molecule has 148 valence electrons. The van der Waals surface area contributed by atoms with Crippen LogP contribution in [0.25, 0.3) is 0 Å². The van der Waals surface area contributed by atoms with Crippen LogP contribution in [0.5, 0.6) is 0 Å². The Morgan fingerprint density at radius 3 is 2.63 bits per heavy atom. The molecule has 2 fully saturated rings. The molecule has 7 atom stereocenters. The van der Waals surface area contributed by atoms with Crippen molar-refractivity contribution in [2.24, 2.45) is 29.1 Å². The zero-order valence-corrected chi connectivity index (χ0v) is 17.5. The van der Waals surface area contributed by atoms with E-state index in [0.29, 0.717) is 30.1 Å². The van der Waals surface area contributed by atoms with Gasteiger partial charge in [-0.1, -0.05) is 37.5 Å². The highest BCUT2D eigenvalue weighted by atomic mass is 16.3. The first-order valence-electron chi connectivity index (χ1n) is 11.1. The number of hydrogen-bond donors (Lipinski definition) is 2. The van der Waals surface area contributed by atoms with Crippen LogP contribution < -0.4 is 0 Å². The lowest BCUT2D eigenvalue weighted by molar-refractivity contribution is -0.195. The molecule has 4 aliphatic carbocycles.